The van der Waals surface area contributed by atoms with Gasteiger partial charge in [-0.05, 0) is 17.3 Å². The molecule has 1 aliphatic heterocycles. The molecule has 0 unspecified atom stereocenters. The van der Waals surface area contributed by atoms with Gasteiger partial charge in [0.1, 0.15) is 6.71 Å². The summed E-state index contributed by atoms with van der Waals surface area (Å²) in [6, 6.07) is 0. The Morgan fingerprint density at radius 3 is 1.62 bits per heavy atom. The first-order valence-corrected chi connectivity index (χ1v) is 5.72. The Morgan fingerprint density at radius 1 is 0.923 bits per heavy atom. The summed E-state index contributed by atoms with van der Waals surface area (Å²) in [6.07, 6.45) is 4.24. The second-order valence-corrected chi connectivity index (χ2v) is 6.92. The molecular formula is C12H25B. The Morgan fingerprint density at radius 2 is 1.31 bits per heavy atom. The molecule has 76 valence electrons. The lowest BCUT2D eigenvalue weighted by molar-refractivity contribution is 0.210. The molecular weight excluding hydrogens is 155 g/mol. The SMILES string of the molecule is CC(C)B1CC(C)(C)CC(C)(C)C1. The maximum atomic E-state index is 2.43. The molecule has 13 heavy (non-hydrogen) atoms. The summed E-state index contributed by atoms with van der Waals surface area (Å²) in [5, 5.41) is 0. The van der Waals surface area contributed by atoms with E-state index in [2.05, 4.69) is 41.5 Å². The Bertz CT molecular complexity index is 164. The molecule has 0 aliphatic carbocycles. The average molecular weight is 180 g/mol. The first kappa shape index (κ1) is 11.1. The molecule has 0 N–H and O–H groups in total. The average Bonchev–Trinajstić information content (AvgIpc) is 1.79. The molecule has 1 heterocycles. The van der Waals surface area contributed by atoms with Gasteiger partial charge in [0, 0.05) is 0 Å². The highest BCUT2D eigenvalue weighted by molar-refractivity contribution is 6.60. The second-order valence-electron chi connectivity index (χ2n) is 6.92. The van der Waals surface area contributed by atoms with Crippen molar-refractivity contribution in [2.45, 2.75) is 66.4 Å². The van der Waals surface area contributed by atoms with Crippen LogP contribution in [0.4, 0.5) is 0 Å². The van der Waals surface area contributed by atoms with Crippen LogP contribution < -0.4 is 0 Å². The van der Waals surface area contributed by atoms with Crippen LogP contribution in [0, 0.1) is 10.8 Å². The van der Waals surface area contributed by atoms with Crippen molar-refractivity contribution in [3.8, 4) is 0 Å². The number of hydrogen-bond donors (Lipinski definition) is 0. The summed E-state index contributed by atoms with van der Waals surface area (Å²) in [7, 11) is 0. The molecule has 0 bridgehead atoms. The van der Waals surface area contributed by atoms with Crippen molar-refractivity contribution in [1.82, 2.24) is 0 Å². The smallest absolute Gasteiger partial charge is 0.0693 e. The Kier molecular flexibility index (Phi) is 2.85. The van der Waals surface area contributed by atoms with Crippen LogP contribution in [0.25, 0.3) is 0 Å². The quantitative estimate of drug-likeness (QED) is 0.526. The summed E-state index contributed by atoms with van der Waals surface area (Å²) in [5.41, 5.74) is 1.13. The molecule has 1 rings (SSSR count). The zero-order chi connectivity index (χ0) is 10.3. The summed E-state index contributed by atoms with van der Waals surface area (Å²) in [5.74, 6) is 0.860. The fourth-order valence-electron chi connectivity index (χ4n) is 3.40. The van der Waals surface area contributed by atoms with Gasteiger partial charge < -0.3 is 0 Å². The molecule has 1 aliphatic rings. The lowest BCUT2D eigenvalue weighted by Gasteiger charge is -2.45. The summed E-state index contributed by atoms with van der Waals surface area (Å²) >= 11 is 0. The third kappa shape index (κ3) is 3.04. The van der Waals surface area contributed by atoms with E-state index in [1.807, 2.05) is 0 Å². The molecule has 0 radical (unpaired) electrons. The Labute approximate surface area is 84.6 Å². The Balaban J connectivity index is 2.72. The molecule has 0 saturated carbocycles. The van der Waals surface area contributed by atoms with E-state index in [4.69, 9.17) is 0 Å². The topological polar surface area (TPSA) is 0 Å². The van der Waals surface area contributed by atoms with Crippen LogP contribution in [-0.2, 0) is 0 Å². The summed E-state index contributed by atoms with van der Waals surface area (Å²) in [4.78, 5) is 0. The van der Waals surface area contributed by atoms with E-state index in [0.717, 1.165) is 12.5 Å². The molecule has 0 nitrogen and oxygen atoms in total. The van der Waals surface area contributed by atoms with Gasteiger partial charge in [0.15, 0.2) is 0 Å². The van der Waals surface area contributed by atoms with Crippen molar-refractivity contribution >= 4 is 6.71 Å². The molecule has 1 fully saturated rings. The summed E-state index contributed by atoms with van der Waals surface area (Å²) in [6.45, 7) is 15.4. The monoisotopic (exact) mass is 180 g/mol. The van der Waals surface area contributed by atoms with E-state index in [-0.39, 0.29) is 0 Å². The van der Waals surface area contributed by atoms with Gasteiger partial charge in [-0.2, -0.15) is 0 Å². The van der Waals surface area contributed by atoms with Gasteiger partial charge in [0.05, 0.1) is 0 Å². The molecule has 0 amide bonds. The third-order valence-corrected chi connectivity index (χ3v) is 3.53. The maximum absolute atomic E-state index is 2.43. The molecule has 0 aromatic carbocycles. The van der Waals surface area contributed by atoms with E-state index in [1.165, 1.54) is 19.1 Å². The van der Waals surface area contributed by atoms with Gasteiger partial charge >= 0.3 is 0 Å². The molecule has 0 spiro atoms. The van der Waals surface area contributed by atoms with E-state index in [9.17, 15) is 0 Å². The second kappa shape index (κ2) is 3.33. The highest BCUT2D eigenvalue weighted by Crippen LogP contribution is 2.48. The van der Waals surface area contributed by atoms with Gasteiger partial charge in [-0.15, -0.1) is 0 Å². The summed E-state index contributed by atoms with van der Waals surface area (Å²) < 4.78 is 0. The van der Waals surface area contributed by atoms with Gasteiger partial charge in [0.2, 0.25) is 0 Å². The van der Waals surface area contributed by atoms with Crippen molar-refractivity contribution in [2.75, 3.05) is 0 Å². The van der Waals surface area contributed by atoms with Crippen molar-refractivity contribution in [3.05, 3.63) is 0 Å². The molecule has 1 heteroatoms. The van der Waals surface area contributed by atoms with Gasteiger partial charge in [-0.3, -0.25) is 0 Å². The first-order valence-electron chi connectivity index (χ1n) is 5.72. The van der Waals surface area contributed by atoms with E-state index in [0.29, 0.717) is 10.8 Å². The molecule has 0 atom stereocenters. The lowest BCUT2D eigenvalue weighted by Crippen LogP contribution is -2.39. The standard InChI is InChI=1S/C12H25B/c1-10(2)13-8-11(3,4)7-12(5,6)9-13/h10H,7-9H2,1-6H3. The van der Waals surface area contributed by atoms with Crippen LogP contribution in [0.5, 0.6) is 0 Å². The van der Waals surface area contributed by atoms with Crippen molar-refractivity contribution < 1.29 is 0 Å². The zero-order valence-electron chi connectivity index (χ0n) is 10.3. The minimum absolute atomic E-state index is 0.566. The predicted octanol–water partition coefficient (Wildman–Crippen LogP) is 4.35. The minimum Gasteiger partial charge on any atom is -0.0693 e. The van der Waals surface area contributed by atoms with Crippen molar-refractivity contribution in [3.63, 3.8) is 0 Å². The van der Waals surface area contributed by atoms with Gasteiger partial charge in [-0.1, -0.05) is 60.0 Å². The predicted molar refractivity (Wildman–Crippen MR) is 62.6 cm³/mol. The van der Waals surface area contributed by atoms with Crippen molar-refractivity contribution in [1.29, 1.82) is 0 Å². The van der Waals surface area contributed by atoms with Crippen LogP contribution in [0.3, 0.4) is 0 Å². The Hall–Kier alpha value is 0.0649. The minimum atomic E-state index is 0.566. The van der Waals surface area contributed by atoms with Crippen LogP contribution >= 0.6 is 0 Å². The lowest BCUT2D eigenvalue weighted by atomic mass is 9.28. The molecule has 0 aromatic rings. The fourth-order valence-corrected chi connectivity index (χ4v) is 3.40. The van der Waals surface area contributed by atoms with Crippen LogP contribution in [0.1, 0.15) is 48.0 Å². The molecule has 1 saturated heterocycles. The highest BCUT2D eigenvalue weighted by atomic mass is 14.3. The van der Waals surface area contributed by atoms with Crippen LogP contribution in [-0.4, -0.2) is 6.71 Å². The van der Waals surface area contributed by atoms with Crippen molar-refractivity contribution in [2.24, 2.45) is 10.8 Å². The molecule has 0 aromatic heterocycles. The van der Waals surface area contributed by atoms with Crippen LogP contribution in [0.15, 0.2) is 0 Å². The first-order chi connectivity index (χ1) is 5.72. The third-order valence-electron chi connectivity index (χ3n) is 3.53. The highest BCUT2D eigenvalue weighted by Gasteiger charge is 2.40. The van der Waals surface area contributed by atoms with Gasteiger partial charge in [-0.25, -0.2) is 0 Å². The maximum Gasteiger partial charge on any atom is 0.143 e. The fraction of sp³-hybridized carbons (Fsp3) is 1.00. The zero-order valence-corrected chi connectivity index (χ0v) is 10.3. The van der Waals surface area contributed by atoms with Gasteiger partial charge in [0.25, 0.3) is 0 Å². The van der Waals surface area contributed by atoms with E-state index in [1.54, 1.807) is 0 Å². The largest absolute Gasteiger partial charge is 0.143 e. The number of hydrogen-bond acceptors (Lipinski definition) is 0. The normalized spacial score (nSPS) is 26.5. The van der Waals surface area contributed by atoms with Crippen LogP contribution in [0.2, 0.25) is 18.5 Å². The van der Waals surface area contributed by atoms with E-state index < -0.39 is 0 Å². The number of rotatable bonds is 1. The van der Waals surface area contributed by atoms with E-state index >= 15 is 0 Å².